The molecule has 0 aliphatic heterocycles. The zero-order valence-corrected chi connectivity index (χ0v) is 13.4. The number of carbonyl (C=O) groups excluding carboxylic acids is 1. The number of azo groups is 1. The maximum Gasteiger partial charge on any atom is 0.308 e. The summed E-state index contributed by atoms with van der Waals surface area (Å²) in [7, 11) is 1.58. The summed E-state index contributed by atoms with van der Waals surface area (Å²) in [5.74, 6) is 0.592. The Labute approximate surface area is 139 Å². The van der Waals surface area contributed by atoms with Crippen molar-refractivity contribution in [1.82, 2.24) is 0 Å². The van der Waals surface area contributed by atoms with Crippen LogP contribution >= 0.6 is 0 Å². The van der Waals surface area contributed by atoms with Crippen molar-refractivity contribution in [1.29, 1.82) is 0 Å². The summed E-state index contributed by atoms with van der Waals surface area (Å²) in [5.41, 5.74) is 1.11. The molecule has 3 aromatic carbocycles. The van der Waals surface area contributed by atoms with E-state index in [0.29, 0.717) is 22.9 Å². The molecule has 0 saturated heterocycles. The second kappa shape index (κ2) is 6.91. The first-order valence-corrected chi connectivity index (χ1v) is 7.44. The molecule has 5 heteroatoms. The van der Waals surface area contributed by atoms with E-state index in [1.165, 1.54) is 6.92 Å². The Bertz CT molecular complexity index is 919. The van der Waals surface area contributed by atoms with Gasteiger partial charge in [0.05, 0.1) is 7.11 Å². The fourth-order valence-corrected chi connectivity index (χ4v) is 2.39. The van der Waals surface area contributed by atoms with E-state index in [9.17, 15) is 4.79 Å². The van der Waals surface area contributed by atoms with E-state index in [4.69, 9.17) is 9.47 Å². The molecular weight excluding hydrogens is 304 g/mol. The van der Waals surface area contributed by atoms with Gasteiger partial charge in [-0.2, -0.15) is 0 Å². The van der Waals surface area contributed by atoms with E-state index < -0.39 is 5.97 Å². The SMILES string of the molecule is COc1ccccc1N=Nc1c(OC(C)=O)ccc2ccccc12. The summed E-state index contributed by atoms with van der Waals surface area (Å²) in [4.78, 5) is 11.4. The number of hydrogen-bond acceptors (Lipinski definition) is 5. The zero-order valence-electron chi connectivity index (χ0n) is 13.4. The zero-order chi connectivity index (χ0) is 16.9. The van der Waals surface area contributed by atoms with E-state index in [2.05, 4.69) is 10.2 Å². The molecule has 3 rings (SSSR count). The molecular formula is C19H16N2O3. The van der Waals surface area contributed by atoms with Crippen molar-refractivity contribution in [3.63, 3.8) is 0 Å². The largest absolute Gasteiger partial charge is 0.494 e. The summed E-state index contributed by atoms with van der Waals surface area (Å²) in [6, 6.07) is 18.7. The van der Waals surface area contributed by atoms with Crippen molar-refractivity contribution in [3.8, 4) is 11.5 Å². The lowest BCUT2D eigenvalue weighted by Crippen LogP contribution is -2.01. The van der Waals surface area contributed by atoms with Gasteiger partial charge in [-0.05, 0) is 23.6 Å². The molecule has 0 radical (unpaired) electrons. The van der Waals surface area contributed by atoms with Crippen molar-refractivity contribution < 1.29 is 14.3 Å². The van der Waals surface area contributed by atoms with Gasteiger partial charge in [0.2, 0.25) is 0 Å². The third kappa shape index (κ3) is 3.25. The van der Waals surface area contributed by atoms with E-state index in [-0.39, 0.29) is 0 Å². The molecule has 24 heavy (non-hydrogen) atoms. The first-order chi connectivity index (χ1) is 11.7. The van der Waals surface area contributed by atoms with Crippen LogP contribution in [0.4, 0.5) is 11.4 Å². The van der Waals surface area contributed by atoms with Crippen LogP contribution in [-0.2, 0) is 4.79 Å². The molecule has 0 atom stereocenters. The third-order valence-electron chi connectivity index (χ3n) is 3.46. The van der Waals surface area contributed by atoms with E-state index in [0.717, 1.165) is 10.8 Å². The normalized spacial score (nSPS) is 10.9. The molecule has 0 aliphatic carbocycles. The molecule has 0 aromatic heterocycles. The topological polar surface area (TPSA) is 60.3 Å². The standard InChI is InChI=1S/C19H16N2O3/c1-13(22)24-18-12-11-14-7-3-4-8-15(14)19(18)21-20-16-9-5-6-10-17(16)23-2/h3-12H,1-2H3. The van der Waals surface area contributed by atoms with Gasteiger partial charge in [0.1, 0.15) is 17.1 Å². The molecule has 0 saturated carbocycles. The molecule has 0 spiro atoms. The van der Waals surface area contributed by atoms with Crippen molar-refractivity contribution in [2.24, 2.45) is 10.2 Å². The number of carbonyl (C=O) groups is 1. The summed E-state index contributed by atoms with van der Waals surface area (Å²) < 4.78 is 10.6. The van der Waals surface area contributed by atoms with Gasteiger partial charge in [0.15, 0.2) is 5.75 Å². The summed E-state index contributed by atoms with van der Waals surface area (Å²) in [6.07, 6.45) is 0. The highest BCUT2D eigenvalue weighted by molar-refractivity contribution is 5.96. The Morgan fingerprint density at radius 3 is 2.42 bits per heavy atom. The van der Waals surface area contributed by atoms with Crippen LogP contribution in [0.1, 0.15) is 6.92 Å². The number of rotatable bonds is 4. The van der Waals surface area contributed by atoms with E-state index in [1.807, 2.05) is 48.5 Å². The predicted molar refractivity (Wildman–Crippen MR) is 92.4 cm³/mol. The number of methoxy groups -OCH3 is 1. The molecule has 0 bridgehead atoms. The highest BCUT2D eigenvalue weighted by Crippen LogP contribution is 2.38. The van der Waals surface area contributed by atoms with Crippen LogP contribution in [0.5, 0.6) is 11.5 Å². The monoisotopic (exact) mass is 320 g/mol. The lowest BCUT2D eigenvalue weighted by atomic mass is 10.1. The average Bonchev–Trinajstić information content (AvgIpc) is 2.60. The van der Waals surface area contributed by atoms with Crippen LogP contribution in [0, 0.1) is 0 Å². The van der Waals surface area contributed by atoms with Gasteiger partial charge in [-0.3, -0.25) is 4.79 Å². The first-order valence-electron chi connectivity index (χ1n) is 7.44. The molecule has 3 aromatic rings. The second-order valence-corrected chi connectivity index (χ2v) is 5.10. The maximum atomic E-state index is 11.4. The quantitative estimate of drug-likeness (QED) is 0.377. The lowest BCUT2D eigenvalue weighted by Gasteiger charge is -2.08. The summed E-state index contributed by atoms with van der Waals surface area (Å²) >= 11 is 0. The minimum Gasteiger partial charge on any atom is -0.494 e. The van der Waals surface area contributed by atoms with Crippen LogP contribution in [0.15, 0.2) is 70.9 Å². The van der Waals surface area contributed by atoms with Crippen LogP contribution in [0.2, 0.25) is 0 Å². The number of hydrogen-bond donors (Lipinski definition) is 0. The molecule has 0 heterocycles. The molecule has 0 amide bonds. The van der Waals surface area contributed by atoms with E-state index in [1.54, 1.807) is 19.2 Å². The van der Waals surface area contributed by atoms with Crippen LogP contribution < -0.4 is 9.47 Å². The fraction of sp³-hybridized carbons (Fsp3) is 0.105. The highest BCUT2D eigenvalue weighted by Gasteiger charge is 2.11. The van der Waals surface area contributed by atoms with Crippen molar-refractivity contribution in [2.45, 2.75) is 6.92 Å². The number of nitrogens with zero attached hydrogens (tertiary/aromatic N) is 2. The molecule has 120 valence electrons. The molecule has 0 N–H and O–H groups in total. The Morgan fingerprint density at radius 2 is 1.62 bits per heavy atom. The van der Waals surface area contributed by atoms with Crippen LogP contribution in [0.25, 0.3) is 10.8 Å². The van der Waals surface area contributed by atoms with Crippen LogP contribution in [0.3, 0.4) is 0 Å². The second-order valence-electron chi connectivity index (χ2n) is 5.10. The fourth-order valence-electron chi connectivity index (χ4n) is 2.39. The van der Waals surface area contributed by atoms with Crippen LogP contribution in [-0.4, -0.2) is 13.1 Å². The van der Waals surface area contributed by atoms with Gasteiger partial charge >= 0.3 is 5.97 Å². The number of ether oxygens (including phenoxy) is 2. The first kappa shape index (κ1) is 15.7. The van der Waals surface area contributed by atoms with Crippen molar-refractivity contribution in [3.05, 3.63) is 60.7 Å². The summed E-state index contributed by atoms with van der Waals surface area (Å²) in [5, 5.41) is 10.5. The minimum absolute atomic E-state index is 0.375. The average molecular weight is 320 g/mol. The number of fused-ring (bicyclic) bond motifs is 1. The van der Waals surface area contributed by atoms with Gasteiger partial charge < -0.3 is 9.47 Å². The van der Waals surface area contributed by atoms with Gasteiger partial charge in [-0.1, -0.05) is 42.5 Å². The van der Waals surface area contributed by atoms with Crippen molar-refractivity contribution in [2.75, 3.05) is 7.11 Å². The Balaban J connectivity index is 2.12. The lowest BCUT2D eigenvalue weighted by molar-refractivity contribution is -0.131. The third-order valence-corrected chi connectivity index (χ3v) is 3.46. The Kier molecular flexibility index (Phi) is 4.52. The minimum atomic E-state index is -0.404. The van der Waals surface area contributed by atoms with Gasteiger partial charge in [-0.25, -0.2) is 0 Å². The molecule has 0 fully saturated rings. The predicted octanol–water partition coefficient (Wildman–Crippen LogP) is 5.19. The van der Waals surface area contributed by atoms with Crippen molar-refractivity contribution >= 4 is 28.1 Å². The molecule has 0 aliphatic rings. The smallest absolute Gasteiger partial charge is 0.308 e. The number of benzene rings is 3. The van der Waals surface area contributed by atoms with E-state index >= 15 is 0 Å². The Morgan fingerprint density at radius 1 is 0.875 bits per heavy atom. The van der Waals surface area contributed by atoms with Gasteiger partial charge in [0.25, 0.3) is 0 Å². The summed E-state index contributed by atoms with van der Waals surface area (Å²) in [6.45, 7) is 1.36. The molecule has 5 nitrogen and oxygen atoms in total. The number of para-hydroxylation sites is 1. The van der Waals surface area contributed by atoms with Gasteiger partial charge in [0, 0.05) is 12.3 Å². The van der Waals surface area contributed by atoms with Gasteiger partial charge in [-0.15, -0.1) is 10.2 Å². The maximum absolute atomic E-state index is 11.4. The molecule has 0 unspecified atom stereocenters. The highest BCUT2D eigenvalue weighted by atomic mass is 16.5. The number of esters is 1. The Hall–Kier alpha value is -3.21.